The van der Waals surface area contributed by atoms with E-state index < -0.39 is 49.5 Å². The van der Waals surface area contributed by atoms with E-state index >= 15 is 0 Å². The van der Waals surface area contributed by atoms with Crippen molar-refractivity contribution in [2.45, 2.75) is 269 Å². The molecule has 0 aromatic carbocycles. The first-order valence-corrected chi connectivity index (χ1v) is 27.2. The van der Waals surface area contributed by atoms with Crippen LogP contribution in [0.1, 0.15) is 226 Å². The van der Waals surface area contributed by atoms with Gasteiger partial charge in [0.05, 0.1) is 25.4 Å². The number of aliphatic hydroxyl groups is 5. The highest BCUT2D eigenvalue weighted by molar-refractivity contribution is 5.76. The first-order chi connectivity index (χ1) is 32.3. The number of hydrogen-bond acceptors (Lipinski definition) is 8. The van der Waals surface area contributed by atoms with Crippen molar-refractivity contribution in [1.29, 1.82) is 0 Å². The highest BCUT2D eigenvalue weighted by atomic mass is 16.7. The lowest BCUT2D eigenvalue weighted by Crippen LogP contribution is -2.60. The zero-order valence-corrected chi connectivity index (χ0v) is 42.2. The summed E-state index contributed by atoms with van der Waals surface area (Å²) in [6, 6.07) is -0.808. The Bertz CT molecular complexity index is 1260. The molecule has 7 unspecified atom stereocenters. The number of ether oxygens (including phenoxy) is 2. The van der Waals surface area contributed by atoms with Crippen LogP contribution in [0.4, 0.5) is 0 Å². The van der Waals surface area contributed by atoms with Gasteiger partial charge >= 0.3 is 0 Å². The van der Waals surface area contributed by atoms with Crippen molar-refractivity contribution in [3.63, 3.8) is 0 Å². The van der Waals surface area contributed by atoms with Crippen LogP contribution < -0.4 is 5.32 Å². The minimum atomic E-state index is -1.57. The molecule has 1 amide bonds. The quantitative estimate of drug-likeness (QED) is 0.0261. The summed E-state index contributed by atoms with van der Waals surface area (Å²) >= 11 is 0. The van der Waals surface area contributed by atoms with Crippen molar-refractivity contribution in [1.82, 2.24) is 5.32 Å². The Morgan fingerprint density at radius 1 is 0.530 bits per heavy atom. The molecule has 0 radical (unpaired) electrons. The van der Waals surface area contributed by atoms with Gasteiger partial charge in [0.1, 0.15) is 24.4 Å². The Morgan fingerprint density at radius 2 is 0.939 bits per heavy atom. The van der Waals surface area contributed by atoms with Crippen LogP contribution in [0.3, 0.4) is 0 Å². The summed E-state index contributed by atoms with van der Waals surface area (Å²) < 4.78 is 11.2. The number of carbonyl (C=O) groups excluding carboxylic acids is 1. The molecule has 0 aromatic heterocycles. The van der Waals surface area contributed by atoms with Gasteiger partial charge in [0.25, 0.3) is 0 Å². The van der Waals surface area contributed by atoms with Gasteiger partial charge in [0.2, 0.25) is 5.91 Å². The highest BCUT2D eigenvalue weighted by Gasteiger charge is 2.44. The Hall–Kier alpha value is -2.37. The zero-order chi connectivity index (χ0) is 48.0. The average Bonchev–Trinajstić information content (AvgIpc) is 3.32. The summed E-state index contributed by atoms with van der Waals surface area (Å²) in [6.07, 6.45) is 56.7. The van der Waals surface area contributed by atoms with Crippen molar-refractivity contribution in [2.24, 2.45) is 0 Å². The van der Waals surface area contributed by atoms with E-state index in [-0.39, 0.29) is 12.5 Å². The van der Waals surface area contributed by atoms with E-state index in [1.807, 2.05) is 6.08 Å². The number of nitrogens with one attached hydrogen (secondary N) is 1. The van der Waals surface area contributed by atoms with E-state index in [1.54, 1.807) is 6.08 Å². The number of carbonyl (C=O) groups is 1. The monoisotopic (exact) mass is 928 g/mol. The molecular formula is C57H101NO8. The lowest BCUT2D eigenvalue weighted by Gasteiger charge is -2.40. The molecule has 0 aromatic rings. The van der Waals surface area contributed by atoms with Crippen LogP contribution in [-0.4, -0.2) is 87.5 Å². The molecule has 9 nitrogen and oxygen atoms in total. The Kier molecular flexibility index (Phi) is 43.3. The SMILES string of the molecule is CC/C=C\C/C=C\C/C=C\C/C=C\C/C=C\CCCCCCCCCCCCCCCC(=O)NC(COC1OC(CO)C(O)C(O)C1O)C(O)/C=C/CCCCCCCCCCCCCC. The van der Waals surface area contributed by atoms with E-state index in [0.717, 1.165) is 70.6 Å². The van der Waals surface area contributed by atoms with Crippen LogP contribution in [0.5, 0.6) is 0 Å². The Balaban J connectivity index is 2.20. The summed E-state index contributed by atoms with van der Waals surface area (Å²) in [5.41, 5.74) is 0. The Labute approximate surface area is 404 Å². The summed E-state index contributed by atoms with van der Waals surface area (Å²) in [5, 5.41) is 54.4. The van der Waals surface area contributed by atoms with Gasteiger partial charge < -0.3 is 40.3 Å². The molecule has 1 rings (SSSR count). The summed E-state index contributed by atoms with van der Waals surface area (Å²) in [4.78, 5) is 13.0. The van der Waals surface area contributed by atoms with Crippen LogP contribution >= 0.6 is 0 Å². The minimum Gasteiger partial charge on any atom is -0.394 e. The van der Waals surface area contributed by atoms with Crippen molar-refractivity contribution in [2.75, 3.05) is 13.2 Å². The smallest absolute Gasteiger partial charge is 0.220 e. The molecule has 66 heavy (non-hydrogen) atoms. The van der Waals surface area contributed by atoms with Gasteiger partial charge in [-0.15, -0.1) is 0 Å². The van der Waals surface area contributed by atoms with Crippen molar-refractivity contribution < 1.29 is 39.8 Å². The molecule has 6 N–H and O–H groups in total. The van der Waals surface area contributed by atoms with E-state index in [2.05, 4.69) is 79.9 Å². The fourth-order valence-electron chi connectivity index (χ4n) is 8.24. The fourth-order valence-corrected chi connectivity index (χ4v) is 8.24. The van der Waals surface area contributed by atoms with E-state index in [0.29, 0.717) is 6.42 Å². The number of aliphatic hydroxyl groups excluding tert-OH is 5. The molecule has 382 valence electrons. The molecule has 1 fully saturated rings. The predicted molar refractivity (Wildman–Crippen MR) is 276 cm³/mol. The number of amides is 1. The van der Waals surface area contributed by atoms with Crippen LogP contribution in [0.2, 0.25) is 0 Å². The third-order valence-electron chi connectivity index (χ3n) is 12.5. The average molecular weight is 928 g/mol. The van der Waals surface area contributed by atoms with Crippen molar-refractivity contribution >= 4 is 5.91 Å². The maximum absolute atomic E-state index is 13.0. The van der Waals surface area contributed by atoms with Crippen LogP contribution in [-0.2, 0) is 14.3 Å². The van der Waals surface area contributed by atoms with Crippen molar-refractivity contribution in [3.05, 3.63) is 72.9 Å². The molecule has 0 bridgehead atoms. The molecule has 1 aliphatic heterocycles. The molecule has 0 saturated carbocycles. The maximum Gasteiger partial charge on any atom is 0.220 e. The first-order valence-electron chi connectivity index (χ1n) is 27.2. The van der Waals surface area contributed by atoms with Gasteiger partial charge in [-0.1, -0.05) is 228 Å². The molecule has 0 spiro atoms. The summed E-state index contributed by atoms with van der Waals surface area (Å²) in [5.74, 6) is -0.181. The molecule has 1 heterocycles. The third-order valence-corrected chi connectivity index (χ3v) is 12.5. The Morgan fingerprint density at radius 3 is 1.39 bits per heavy atom. The predicted octanol–water partition coefficient (Wildman–Crippen LogP) is 12.9. The second-order valence-corrected chi connectivity index (χ2v) is 18.6. The molecule has 7 atom stereocenters. The van der Waals surface area contributed by atoms with Crippen LogP contribution in [0, 0.1) is 0 Å². The van der Waals surface area contributed by atoms with Gasteiger partial charge in [-0.3, -0.25) is 4.79 Å². The van der Waals surface area contributed by atoms with Gasteiger partial charge in [-0.2, -0.15) is 0 Å². The molecule has 9 heteroatoms. The zero-order valence-electron chi connectivity index (χ0n) is 42.2. The first kappa shape index (κ1) is 61.6. The minimum absolute atomic E-state index is 0.181. The number of unbranched alkanes of at least 4 members (excludes halogenated alkanes) is 25. The largest absolute Gasteiger partial charge is 0.394 e. The lowest BCUT2D eigenvalue weighted by atomic mass is 9.99. The van der Waals surface area contributed by atoms with E-state index in [9.17, 15) is 30.3 Å². The molecule has 1 aliphatic rings. The van der Waals surface area contributed by atoms with Gasteiger partial charge in [-0.05, 0) is 64.2 Å². The van der Waals surface area contributed by atoms with Gasteiger partial charge in [0, 0.05) is 6.42 Å². The third kappa shape index (κ3) is 35.7. The molecule has 0 aliphatic carbocycles. The van der Waals surface area contributed by atoms with Crippen LogP contribution in [0.15, 0.2) is 72.9 Å². The van der Waals surface area contributed by atoms with Crippen LogP contribution in [0.25, 0.3) is 0 Å². The van der Waals surface area contributed by atoms with E-state index in [4.69, 9.17) is 9.47 Å². The number of allylic oxidation sites excluding steroid dienone is 11. The standard InChI is InChI=1S/C57H101NO8/c1-3-5-7-9-11-13-15-17-19-20-21-22-23-24-25-26-27-28-29-30-31-32-33-35-37-39-41-43-45-47-53(61)58-50(49-65-57-56(64)55(63)54(62)52(48-59)66-57)51(60)46-44-42-40-38-36-34-18-16-14-12-10-8-6-4-2/h5,7,11,13,17,19,21-22,24-25,44,46,50-52,54-57,59-60,62-64H,3-4,6,8-10,12,14-16,18,20,23,26-43,45,47-49H2,1-2H3,(H,58,61)/b7-5-,13-11-,19-17-,22-21-,25-24-,46-44+. The number of hydrogen-bond donors (Lipinski definition) is 6. The number of rotatable bonds is 45. The topological polar surface area (TPSA) is 149 Å². The van der Waals surface area contributed by atoms with E-state index in [1.165, 1.54) is 135 Å². The lowest BCUT2D eigenvalue weighted by molar-refractivity contribution is -0.302. The fraction of sp³-hybridized carbons (Fsp3) is 0.772. The van der Waals surface area contributed by atoms with Gasteiger partial charge in [-0.25, -0.2) is 0 Å². The summed E-state index contributed by atoms with van der Waals surface area (Å²) in [7, 11) is 0. The highest BCUT2D eigenvalue weighted by Crippen LogP contribution is 2.23. The normalized spacial score (nSPS) is 20.4. The molecular weight excluding hydrogens is 827 g/mol. The maximum atomic E-state index is 13.0. The van der Waals surface area contributed by atoms with Crippen molar-refractivity contribution in [3.8, 4) is 0 Å². The molecule has 1 saturated heterocycles. The summed E-state index contributed by atoms with van der Waals surface area (Å²) in [6.45, 7) is 3.66. The van der Waals surface area contributed by atoms with Gasteiger partial charge in [0.15, 0.2) is 6.29 Å². The second-order valence-electron chi connectivity index (χ2n) is 18.6. The second kappa shape index (κ2) is 46.4.